The van der Waals surface area contributed by atoms with Gasteiger partial charge in [-0.3, -0.25) is 0 Å². The average Bonchev–Trinajstić information content (AvgIpc) is 1.50. The molecule has 0 amide bonds. The summed E-state index contributed by atoms with van der Waals surface area (Å²) in [6, 6.07) is 0. The van der Waals surface area contributed by atoms with Gasteiger partial charge in [0.05, 0.1) is 0 Å². The molecule has 5 N–H and O–H groups in total. The predicted octanol–water partition coefficient (Wildman–Crippen LogP) is 1.21. The van der Waals surface area contributed by atoms with Crippen LogP contribution in [0.1, 0.15) is 13.8 Å². The Balaban J connectivity index is -0.00000000267. The maximum Gasteiger partial charge on any atom is 0 e. The molecule has 0 bridgehead atoms. The third-order valence-electron chi connectivity index (χ3n) is 0. The normalized spacial score (nSPS) is 1.71. The molecular formula is C4H17DbN2-. The monoisotopic (exact) mass is 361 g/mol. The Labute approximate surface area is 41.3 Å². The van der Waals surface area contributed by atoms with Gasteiger partial charge in [0.2, 0.25) is 0 Å². The fourth-order valence-electron chi connectivity index (χ4n) is 0. The molecule has 0 aliphatic heterocycles. The maximum absolute atomic E-state index is 4.50. The predicted molar refractivity (Wildman–Crippen MR) is 32.9 cm³/mol. The van der Waals surface area contributed by atoms with Crippen molar-refractivity contribution in [3.63, 3.8) is 0 Å². The minimum atomic E-state index is 0. The van der Waals surface area contributed by atoms with E-state index in [9.17, 15) is 0 Å². The molecule has 0 radical (unpaired) electrons. The quantitative estimate of drug-likeness (QED) is 0.638. The Morgan fingerprint density at radius 2 is 1.00 bits per heavy atom. The van der Waals surface area contributed by atoms with Crippen LogP contribution in [0.3, 0.4) is 0 Å². The second-order valence-corrected chi connectivity index (χ2v) is 0. The molecule has 0 aliphatic carbocycles. The molecule has 0 fully saturated rings. The molecule has 0 aromatic carbocycles. The molecule has 7 heavy (non-hydrogen) atoms. The van der Waals surface area contributed by atoms with Crippen LogP contribution in [0.5, 0.6) is 0 Å². The van der Waals surface area contributed by atoms with Gasteiger partial charge >= 0.3 is 0 Å². The van der Waals surface area contributed by atoms with E-state index in [1.165, 1.54) is 7.05 Å². The zero-order valence-corrected chi connectivity index (χ0v) is 12.4. The van der Waals surface area contributed by atoms with Gasteiger partial charge in [-0.25, -0.2) is 0 Å². The molecule has 0 rings (SSSR count). The van der Waals surface area contributed by atoms with Crippen molar-refractivity contribution in [2.24, 2.45) is 5.73 Å². The molecule has 0 aromatic rings. The summed E-state index contributed by atoms with van der Waals surface area (Å²) < 4.78 is 0. The Morgan fingerprint density at radius 3 is 1.00 bits per heavy atom. The third-order valence-corrected chi connectivity index (χ3v) is 0. The second-order valence-electron chi connectivity index (χ2n) is 0. The Morgan fingerprint density at radius 1 is 1.00 bits per heavy atom. The van der Waals surface area contributed by atoms with Crippen molar-refractivity contribution < 1.29 is 0 Å². The molecule has 46 valence electrons. The van der Waals surface area contributed by atoms with Crippen molar-refractivity contribution in [3.8, 4) is 0 Å². The largest absolute Gasteiger partial charge is 0.358 e. The van der Waals surface area contributed by atoms with Crippen LogP contribution in [0.15, 0.2) is 0 Å². The molecule has 0 aromatic heterocycles. The van der Waals surface area contributed by atoms with E-state index in [4.69, 9.17) is 0 Å². The smallest absolute Gasteiger partial charge is 0 e. The second kappa shape index (κ2) is 64.8. The van der Waals surface area contributed by atoms with Crippen LogP contribution in [-0.2, 0) is 0 Å². The molecule has 0 heterocycles. The third kappa shape index (κ3) is 36.0. The van der Waals surface area contributed by atoms with Crippen LogP contribution < -0.4 is 11.9 Å². The Bertz CT molecular complexity index is 9.65. The van der Waals surface area contributed by atoms with Gasteiger partial charge in [0.25, 0.3) is 0 Å². The van der Waals surface area contributed by atoms with E-state index in [0.717, 1.165) is 0 Å². The summed E-state index contributed by atoms with van der Waals surface area (Å²) in [5.41, 5.74) is 4.50. The van der Waals surface area contributed by atoms with Crippen molar-refractivity contribution >= 4 is 0 Å². The molecule has 0 unspecified atom stereocenters. The standard InChI is InChI=1S/C2H6.CH5N.CH3.Db.H3N/c2*1-2;;;/h1-2H3;2H2,1H3;1H3;;1H3/q;;-1;;. The van der Waals surface area contributed by atoms with E-state index >= 15 is 0 Å². The van der Waals surface area contributed by atoms with Crippen LogP contribution >= 0.6 is 0 Å². The molecule has 3 heteroatoms. The first-order chi connectivity index (χ1) is 2.00. The number of nitrogens with two attached hydrogens (primary N) is 1. The first kappa shape index (κ1) is 169. The molecule has 0 spiro atoms. The van der Waals surface area contributed by atoms with Crippen LogP contribution in [0.25, 0.3) is 0 Å². The van der Waals surface area contributed by atoms with E-state index in [-0.39, 0.29) is 13.6 Å². The molecular weight excluding hydrogens is 344 g/mol. The van der Waals surface area contributed by atoms with Crippen molar-refractivity contribution in [2.75, 3.05) is 7.05 Å². The zero-order valence-electron chi connectivity index (χ0n) is 5.99. The van der Waals surface area contributed by atoms with Gasteiger partial charge in [-0.15, -0.1) is 0 Å². The zero-order chi connectivity index (χ0) is 4.00. The summed E-state index contributed by atoms with van der Waals surface area (Å²) in [6.45, 7) is 4.00. The molecule has 0 saturated heterocycles. The van der Waals surface area contributed by atoms with Gasteiger partial charge in [-0.1, -0.05) is 13.8 Å². The fourth-order valence-corrected chi connectivity index (χ4v) is 0. The van der Waals surface area contributed by atoms with E-state index in [0.29, 0.717) is 0 Å². The van der Waals surface area contributed by atoms with Gasteiger partial charge in [0, 0.05) is 0 Å². The molecule has 0 saturated carbocycles. The summed E-state index contributed by atoms with van der Waals surface area (Å²) in [5.74, 6) is 0. The summed E-state index contributed by atoms with van der Waals surface area (Å²) in [6.07, 6.45) is 0. The van der Waals surface area contributed by atoms with Crippen molar-refractivity contribution in [3.05, 3.63) is 7.43 Å². The van der Waals surface area contributed by atoms with Gasteiger partial charge in [-0.05, 0) is 7.05 Å². The van der Waals surface area contributed by atoms with Crippen LogP contribution in [0.4, 0.5) is 0 Å². The van der Waals surface area contributed by atoms with E-state index in [1.54, 1.807) is 0 Å². The van der Waals surface area contributed by atoms with Gasteiger partial charge in [0.15, 0.2) is 0 Å². The van der Waals surface area contributed by atoms with Crippen molar-refractivity contribution in [1.29, 1.82) is 0 Å². The fraction of sp³-hybridized carbons (Fsp3) is 0.750. The van der Waals surface area contributed by atoms with E-state index in [2.05, 4.69) is 5.73 Å². The van der Waals surface area contributed by atoms with Gasteiger partial charge < -0.3 is 19.3 Å². The van der Waals surface area contributed by atoms with Crippen LogP contribution in [0, 0.1) is 7.43 Å². The van der Waals surface area contributed by atoms with Crippen LogP contribution in [0.2, 0.25) is 0 Å². The minimum absolute atomic E-state index is 0. The van der Waals surface area contributed by atoms with Gasteiger partial charge in [0.1, 0.15) is 0 Å². The number of hydrogen-bond donors (Lipinski definition) is 2. The summed E-state index contributed by atoms with van der Waals surface area (Å²) in [5, 5.41) is 0. The Kier molecular flexibility index (Phi) is 1570. The first-order valence-electron chi connectivity index (χ1n) is 1.58. The van der Waals surface area contributed by atoms with Crippen molar-refractivity contribution in [1.82, 2.24) is 6.15 Å². The first-order valence-corrected chi connectivity index (χ1v) is 1.58. The maximum atomic E-state index is 4.50. The summed E-state index contributed by atoms with van der Waals surface area (Å²) in [4.78, 5) is 0. The average molecular weight is 361 g/mol. The van der Waals surface area contributed by atoms with Crippen LogP contribution in [-0.4, -0.2) is 7.05 Å². The number of hydrogen-bond acceptors (Lipinski definition) is 2. The Hall–Kier alpha value is -1.08. The molecule has 2 nitrogen and oxygen atoms in total. The van der Waals surface area contributed by atoms with E-state index in [1.807, 2.05) is 13.8 Å². The topological polar surface area (TPSA) is 61.0 Å². The SMILES string of the molecule is CC.CN.N.[CH3-].[Db]. The van der Waals surface area contributed by atoms with Gasteiger partial charge in [-0.2, -0.15) is 0 Å². The molecule has 0 aliphatic rings. The summed E-state index contributed by atoms with van der Waals surface area (Å²) >= 11 is 0. The van der Waals surface area contributed by atoms with Crippen molar-refractivity contribution in [2.45, 2.75) is 13.8 Å². The summed E-state index contributed by atoms with van der Waals surface area (Å²) in [7, 11) is 1.50. The minimum Gasteiger partial charge on any atom is -0.358 e. The van der Waals surface area contributed by atoms with E-state index < -0.39 is 0 Å². The molecule has 0 atom stereocenters. The number of rotatable bonds is 0.